The predicted octanol–water partition coefficient (Wildman–Crippen LogP) is 5.57. The Labute approximate surface area is 140 Å². The number of rotatable bonds is 3. The maximum atomic E-state index is 11.2. The van der Waals surface area contributed by atoms with E-state index in [0.717, 1.165) is 27.2 Å². The van der Waals surface area contributed by atoms with Crippen LogP contribution in [0, 0.1) is 0 Å². The van der Waals surface area contributed by atoms with Gasteiger partial charge in [0.05, 0.1) is 10.0 Å². The molecule has 0 aliphatic rings. The van der Waals surface area contributed by atoms with E-state index in [1.165, 1.54) is 0 Å². The molecule has 3 aromatic rings. The molecule has 0 aliphatic heterocycles. The van der Waals surface area contributed by atoms with Crippen LogP contribution >= 0.6 is 39.1 Å². The summed E-state index contributed by atoms with van der Waals surface area (Å²) in [6.45, 7) is 0.628. The summed E-state index contributed by atoms with van der Waals surface area (Å²) in [4.78, 5) is 11.2. The van der Waals surface area contributed by atoms with Crippen LogP contribution in [0.5, 0.6) is 0 Å². The van der Waals surface area contributed by atoms with Crippen LogP contribution in [0.15, 0.2) is 47.1 Å². The van der Waals surface area contributed by atoms with Crippen molar-refractivity contribution in [3.05, 3.63) is 68.2 Å². The molecule has 5 heteroatoms. The highest BCUT2D eigenvalue weighted by Gasteiger charge is 2.09. The number of aldehydes is 1. The number of hydrogen-bond donors (Lipinski definition) is 0. The molecule has 1 heterocycles. The number of benzene rings is 2. The molecule has 3 rings (SSSR count). The van der Waals surface area contributed by atoms with Crippen molar-refractivity contribution in [2.24, 2.45) is 0 Å². The zero-order chi connectivity index (χ0) is 15.0. The highest BCUT2D eigenvalue weighted by atomic mass is 79.9. The number of carbonyl (C=O) groups excluding carboxylic acids is 1. The van der Waals surface area contributed by atoms with E-state index >= 15 is 0 Å². The minimum absolute atomic E-state index is 0.531. The second-order valence-electron chi connectivity index (χ2n) is 4.74. The van der Waals surface area contributed by atoms with Gasteiger partial charge < -0.3 is 4.57 Å². The van der Waals surface area contributed by atoms with E-state index in [4.69, 9.17) is 23.2 Å². The highest BCUT2D eigenvalue weighted by molar-refractivity contribution is 9.10. The van der Waals surface area contributed by atoms with E-state index in [-0.39, 0.29) is 0 Å². The molecule has 21 heavy (non-hydrogen) atoms. The molecule has 0 aliphatic carbocycles. The van der Waals surface area contributed by atoms with Crippen LogP contribution in [-0.4, -0.2) is 10.9 Å². The molecule has 1 aromatic heterocycles. The molecule has 0 N–H and O–H groups in total. The summed E-state index contributed by atoms with van der Waals surface area (Å²) >= 11 is 15.4. The third kappa shape index (κ3) is 2.86. The molecule has 0 unspecified atom stereocenters. The molecule has 0 bridgehead atoms. The van der Waals surface area contributed by atoms with E-state index in [0.29, 0.717) is 22.2 Å². The van der Waals surface area contributed by atoms with Gasteiger partial charge in [-0.05, 0) is 35.9 Å². The second kappa shape index (κ2) is 5.84. The van der Waals surface area contributed by atoms with Crippen LogP contribution < -0.4 is 0 Å². The van der Waals surface area contributed by atoms with E-state index < -0.39 is 0 Å². The normalized spacial score (nSPS) is 11.0. The SMILES string of the molecule is O=Cc1cn(Cc2ccc(Cl)c(Cl)c2)c2ccc(Br)cc12. The average Bonchev–Trinajstić information content (AvgIpc) is 2.80. The van der Waals surface area contributed by atoms with Crippen molar-refractivity contribution in [1.29, 1.82) is 0 Å². The zero-order valence-electron chi connectivity index (χ0n) is 10.8. The summed E-state index contributed by atoms with van der Waals surface area (Å²) in [5.74, 6) is 0. The van der Waals surface area contributed by atoms with Gasteiger partial charge in [0.2, 0.25) is 0 Å². The largest absolute Gasteiger partial charge is 0.342 e. The van der Waals surface area contributed by atoms with Crippen molar-refractivity contribution in [2.75, 3.05) is 0 Å². The quantitative estimate of drug-likeness (QED) is 0.542. The van der Waals surface area contributed by atoms with Gasteiger partial charge in [-0.15, -0.1) is 0 Å². The molecular weight excluding hydrogens is 373 g/mol. The van der Waals surface area contributed by atoms with Gasteiger partial charge in [0.1, 0.15) is 0 Å². The molecule has 2 nitrogen and oxygen atoms in total. The second-order valence-corrected chi connectivity index (χ2v) is 6.47. The molecule has 106 valence electrons. The summed E-state index contributed by atoms with van der Waals surface area (Å²) in [6.07, 6.45) is 2.73. The maximum absolute atomic E-state index is 11.2. The van der Waals surface area contributed by atoms with Gasteiger partial charge in [-0.1, -0.05) is 45.2 Å². The first-order valence-corrected chi connectivity index (χ1v) is 7.81. The Bertz CT molecular complexity index is 842. The van der Waals surface area contributed by atoms with Crippen LogP contribution in [0.2, 0.25) is 10.0 Å². The van der Waals surface area contributed by atoms with E-state index in [9.17, 15) is 4.79 Å². The Morgan fingerprint density at radius 2 is 1.90 bits per heavy atom. The topological polar surface area (TPSA) is 22.0 Å². The van der Waals surface area contributed by atoms with Crippen molar-refractivity contribution < 1.29 is 4.79 Å². The first-order chi connectivity index (χ1) is 10.1. The average molecular weight is 383 g/mol. The molecule has 0 spiro atoms. The van der Waals surface area contributed by atoms with E-state index in [1.54, 1.807) is 6.07 Å². The smallest absolute Gasteiger partial charge is 0.152 e. The maximum Gasteiger partial charge on any atom is 0.152 e. The lowest BCUT2D eigenvalue weighted by Gasteiger charge is -2.07. The lowest BCUT2D eigenvalue weighted by Crippen LogP contribution is -1.97. The van der Waals surface area contributed by atoms with Gasteiger partial charge in [-0.2, -0.15) is 0 Å². The molecular formula is C16H10BrCl2NO. The Balaban J connectivity index is 2.08. The first kappa shape index (κ1) is 14.6. The van der Waals surface area contributed by atoms with Gasteiger partial charge in [0.25, 0.3) is 0 Å². The first-order valence-electron chi connectivity index (χ1n) is 6.26. The zero-order valence-corrected chi connectivity index (χ0v) is 13.9. The summed E-state index contributed by atoms with van der Waals surface area (Å²) in [5, 5.41) is 2.00. The molecule has 0 amide bonds. The van der Waals surface area contributed by atoms with Gasteiger partial charge >= 0.3 is 0 Å². The van der Waals surface area contributed by atoms with Gasteiger partial charge in [0, 0.05) is 33.7 Å². The number of nitrogens with zero attached hydrogens (tertiary/aromatic N) is 1. The third-order valence-electron chi connectivity index (χ3n) is 3.34. The van der Waals surface area contributed by atoms with Crippen LogP contribution in [0.1, 0.15) is 15.9 Å². The Kier molecular flexibility index (Phi) is 4.07. The summed E-state index contributed by atoms with van der Waals surface area (Å²) in [6, 6.07) is 11.5. The number of fused-ring (bicyclic) bond motifs is 1. The van der Waals surface area contributed by atoms with Gasteiger partial charge in [0.15, 0.2) is 6.29 Å². The fourth-order valence-electron chi connectivity index (χ4n) is 2.36. The van der Waals surface area contributed by atoms with Crippen molar-refractivity contribution in [2.45, 2.75) is 6.54 Å². The van der Waals surface area contributed by atoms with Crippen molar-refractivity contribution >= 4 is 56.3 Å². The molecule has 0 radical (unpaired) electrons. The van der Waals surface area contributed by atoms with E-state index in [2.05, 4.69) is 15.9 Å². The van der Waals surface area contributed by atoms with Gasteiger partial charge in [-0.3, -0.25) is 4.79 Å². The summed E-state index contributed by atoms with van der Waals surface area (Å²) in [7, 11) is 0. The lowest BCUT2D eigenvalue weighted by atomic mass is 10.2. The van der Waals surface area contributed by atoms with Crippen LogP contribution in [0.3, 0.4) is 0 Å². The number of hydrogen-bond acceptors (Lipinski definition) is 1. The summed E-state index contributed by atoms with van der Waals surface area (Å²) in [5.41, 5.74) is 2.71. The molecule has 0 atom stereocenters. The Morgan fingerprint density at radius 3 is 2.62 bits per heavy atom. The standard InChI is InChI=1S/C16H10BrCl2NO/c17-12-2-4-16-13(6-12)11(9-21)8-20(16)7-10-1-3-14(18)15(19)5-10/h1-6,8-9H,7H2. The van der Waals surface area contributed by atoms with Crippen LogP contribution in [0.4, 0.5) is 0 Å². The Hall–Kier alpha value is -1.29. The minimum atomic E-state index is 0.531. The van der Waals surface area contributed by atoms with Crippen molar-refractivity contribution in [3.63, 3.8) is 0 Å². The fourth-order valence-corrected chi connectivity index (χ4v) is 3.04. The van der Waals surface area contributed by atoms with Crippen LogP contribution in [0.25, 0.3) is 10.9 Å². The molecule has 0 saturated carbocycles. The minimum Gasteiger partial charge on any atom is -0.342 e. The predicted molar refractivity (Wildman–Crippen MR) is 90.6 cm³/mol. The number of aromatic nitrogens is 1. The third-order valence-corrected chi connectivity index (χ3v) is 4.57. The molecule has 0 saturated heterocycles. The van der Waals surface area contributed by atoms with Crippen LogP contribution in [-0.2, 0) is 6.54 Å². The monoisotopic (exact) mass is 381 g/mol. The van der Waals surface area contributed by atoms with Crippen molar-refractivity contribution in [1.82, 2.24) is 4.57 Å². The van der Waals surface area contributed by atoms with Gasteiger partial charge in [-0.25, -0.2) is 0 Å². The number of carbonyl (C=O) groups is 1. The van der Waals surface area contributed by atoms with E-state index in [1.807, 2.05) is 41.1 Å². The summed E-state index contributed by atoms with van der Waals surface area (Å²) < 4.78 is 2.98. The fraction of sp³-hybridized carbons (Fsp3) is 0.0625. The number of halogens is 3. The highest BCUT2D eigenvalue weighted by Crippen LogP contribution is 2.27. The van der Waals surface area contributed by atoms with Crippen molar-refractivity contribution in [3.8, 4) is 0 Å². The molecule has 2 aromatic carbocycles. The lowest BCUT2D eigenvalue weighted by molar-refractivity contribution is 0.112. The molecule has 0 fully saturated rings. The Morgan fingerprint density at radius 1 is 1.10 bits per heavy atom.